The first-order chi connectivity index (χ1) is 15.4. The molecule has 2 heterocycles. The van der Waals surface area contributed by atoms with Gasteiger partial charge in [0.15, 0.2) is 0 Å². The topological polar surface area (TPSA) is 107 Å². The Bertz CT molecular complexity index is 1340. The number of pyridine rings is 1. The van der Waals surface area contributed by atoms with Crippen molar-refractivity contribution in [3.63, 3.8) is 0 Å². The number of nitro benzene ring substituents is 1. The predicted molar refractivity (Wildman–Crippen MR) is 120 cm³/mol. The lowest BCUT2D eigenvalue weighted by atomic mass is 10.1. The fourth-order valence-corrected chi connectivity index (χ4v) is 3.46. The van der Waals surface area contributed by atoms with Gasteiger partial charge in [0, 0.05) is 47.1 Å². The van der Waals surface area contributed by atoms with Gasteiger partial charge in [0.25, 0.3) is 5.69 Å². The van der Waals surface area contributed by atoms with Gasteiger partial charge in [-0.3, -0.25) is 10.1 Å². The van der Waals surface area contributed by atoms with Gasteiger partial charge >= 0.3 is 5.97 Å². The second-order valence-corrected chi connectivity index (χ2v) is 7.17. The molecule has 4 rings (SSSR count). The van der Waals surface area contributed by atoms with Gasteiger partial charge in [-0.05, 0) is 30.2 Å². The van der Waals surface area contributed by atoms with E-state index in [1.54, 1.807) is 31.5 Å². The van der Waals surface area contributed by atoms with Gasteiger partial charge in [-0.15, -0.1) is 0 Å². The maximum Gasteiger partial charge on any atom is 0.328 e. The van der Waals surface area contributed by atoms with E-state index in [4.69, 9.17) is 9.84 Å². The summed E-state index contributed by atoms with van der Waals surface area (Å²) in [6, 6.07) is 16.0. The number of hydrogen-bond acceptors (Lipinski definition) is 5. The van der Waals surface area contributed by atoms with Gasteiger partial charge in [0.05, 0.1) is 16.6 Å². The molecule has 2 aromatic heterocycles. The third kappa shape index (κ3) is 4.34. The number of carboxylic acids is 1. The quantitative estimate of drug-likeness (QED) is 0.254. The Balaban J connectivity index is 1.77. The van der Waals surface area contributed by atoms with Crippen molar-refractivity contribution < 1.29 is 19.6 Å². The molecular formula is C24H19N3O5. The zero-order valence-corrected chi connectivity index (χ0v) is 17.1. The molecule has 0 saturated carbocycles. The molecule has 0 atom stereocenters. The molecule has 0 bridgehead atoms. The molecule has 2 aromatic carbocycles. The van der Waals surface area contributed by atoms with Crippen LogP contribution in [0.2, 0.25) is 0 Å². The van der Waals surface area contributed by atoms with Gasteiger partial charge in [-0.25, -0.2) is 9.78 Å². The van der Waals surface area contributed by atoms with Crippen LogP contribution in [0.25, 0.3) is 22.7 Å². The van der Waals surface area contributed by atoms with Crippen LogP contribution in [0.4, 0.5) is 5.69 Å². The van der Waals surface area contributed by atoms with Crippen LogP contribution in [0.3, 0.4) is 0 Å². The average Bonchev–Trinajstić information content (AvgIpc) is 3.14. The van der Waals surface area contributed by atoms with Crippen LogP contribution in [0, 0.1) is 17.0 Å². The summed E-state index contributed by atoms with van der Waals surface area (Å²) in [7, 11) is 0. The van der Waals surface area contributed by atoms with E-state index in [1.807, 2.05) is 34.9 Å². The molecule has 0 aliphatic carbocycles. The van der Waals surface area contributed by atoms with Crippen LogP contribution in [0.15, 0.2) is 73.1 Å². The smallest absolute Gasteiger partial charge is 0.328 e. The molecule has 0 fully saturated rings. The number of nitrogens with zero attached hydrogens (tertiary/aromatic N) is 3. The minimum Gasteiger partial charge on any atom is -0.478 e. The lowest BCUT2D eigenvalue weighted by molar-refractivity contribution is -0.384. The van der Waals surface area contributed by atoms with E-state index in [0.717, 1.165) is 28.2 Å². The van der Waals surface area contributed by atoms with Crippen LogP contribution in [-0.4, -0.2) is 25.6 Å². The number of fused-ring (bicyclic) bond motifs is 1. The summed E-state index contributed by atoms with van der Waals surface area (Å²) in [5.74, 6) is -0.656. The molecule has 0 saturated heterocycles. The maximum atomic E-state index is 11.1. The van der Waals surface area contributed by atoms with E-state index >= 15 is 0 Å². The highest BCUT2D eigenvalue weighted by Gasteiger charge is 2.15. The van der Waals surface area contributed by atoms with Crippen LogP contribution in [0.1, 0.15) is 16.7 Å². The molecule has 1 N–H and O–H groups in total. The van der Waals surface area contributed by atoms with E-state index in [0.29, 0.717) is 23.6 Å². The molecule has 160 valence electrons. The Kier molecular flexibility index (Phi) is 5.67. The fraction of sp³-hybridized carbons (Fsp3) is 0.0833. The van der Waals surface area contributed by atoms with Crippen molar-refractivity contribution in [2.24, 2.45) is 0 Å². The van der Waals surface area contributed by atoms with Crippen molar-refractivity contribution in [2.75, 3.05) is 0 Å². The molecule has 0 unspecified atom stereocenters. The fourth-order valence-electron chi connectivity index (χ4n) is 3.46. The lowest BCUT2D eigenvalue weighted by Crippen LogP contribution is -1.99. The first-order valence-corrected chi connectivity index (χ1v) is 9.76. The lowest BCUT2D eigenvalue weighted by Gasteiger charge is -2.09. The average molecular weight is 429 g/mol. The summed E-state index contributed by atoms with van der Waals surface area (Å²) in [6.07, 6.45) is 5.99. The van der Waals surface area contributed by atoms with Crippen LogP contribution in [0.5, 0.6) is 5.88 Å². The summed E-state index contributed by atoms with van der Waals surface area (Å²) in [5.41, 5.74) is 3.82. The number of aryl methyl sites for hydroxylation is 1. The second-order valence-electron chi connectivity index (χ2n) is 7.17. The second kappa shape index (κ2) is 8.73. The van der Waals surface area contributed by atoms with Crippen molar-refractivity contribution >= 4 is 28.6 Å². The first-order valence-electron chi connectivity index (χ1n) is 9.76. The van der Waals surface area contributed by atoms with Crippen molar-refractivity contribution in [3.8, 4) is 11.6 Å². The Morgan fingerprint density at radius 2 is 2.00 bits per heavy atom. The van der Waals surface area contributed by atoms with Crippen molar-refractivity contribution in [1.29, 1.82) is 0 Å². The molecule has 0 amide bonds. The van der Waals surface area contributed by atoms with Gasteiger partial charge in [-0.1, -0.05) is 30.3 Å². The number of carboxylic acid groups (broad SMARTS) is 1. The normalized spacial score (nSPS) is 11.2. The third-order valence-electron chi connectivity index (χ3n) is 4.98. The summed E-state index contributed by atoms with van der Waals surface area (Å²) < 4.78 is 7.66. The molecule has 4 aromatic rings. The molecule has 0 spiro atoms. The van der Waals surface area contributed by atoms with Crippen molar-refractivity contribution in [2.45, 2.75) is 13.5 Å². The van der Waals surface area contributed by atoms with Gasteiger partial charge < -0.3 is 14.4 Å². The van der Waals surface area contributed by atoms with Crippen LogP contribution in [-0.2, 0) is 11.4 Å². The van der Waals surface area contributed by atoms with E-state index in [9.17, 15) is 14.9 Å². The SMILES string of the molecule is Cc1cc([N+](=O)[O-])ccc1-n1cc(/C=C\C(=O)O)c2cc(OCc3ccccc3)ncc21. The number of aromatic nitrogens is 2. The van der Waals surface area contributed by atoms with Gasteiger partial charge in [-0.2, -0.15) is 0 Å². The van der Waals surface area contributed by atoms with E-state index in [2.05, 4.69) is 4.98 Å². The number of rotatable bonds is 7. The van der Waals surface area contributed by atoms with Gasteiger partial charge in [0.1, 0.15) is 6.61 Å². The number of nitro groups is 1. The van der Waals surface area contributed by atoms with Crippen molar-refractivity contribution in [1.82, 2.24) is 9.55 Å². The summed E-state index contributed by atoms with van der Waals surface area (Å²) in [4.78, 5) is 26.1. The standard InChI is InChI=1S/C24H19N3O5/c1-16-11-19(27(30)31)8-9-21(16)26-14-18(7-10-24(28)29)20-12-23(25-13-22(20)26)32-15-17-5-3-2-4-6-17/h2-14H,15H2,1H3,(H,28,29)/b10-7-. The Morgan fingerprint density at radius 3 is 2.69 bits per heavy atom. The van der Waals surface area contributed by atoms with Crippen LogP contribution < -0.4 is 4.74 Å². The minimum atomic E-state index is -1.06. The largest absolute Gasteiger partial charge is 0.478 e. The predicted octanol–water partition coefficient (Wildman–Crippen LogP) is 4.92. The summed E-state index contributed by atoms with van der Waals surface area (Å²) in [5, 5.41) is 20.9. The molecule has 8 nitrogen and oxygen atoms in total. The third-order valence-corrected chi connectivity index (χ3v) is 4.98. The Hall–Kier alpha value is -4.46. The zero-order valence-electron chi connectivity index (χ0n) is 17.1. The maximum absolute atomic E-state index is 11.1. The summed E-state index contributed by atoms with van der Waals surface area (Å²) >= 11 is 0. The summed E-state index contributed by atoms with van der Waals surface area (Å²) in [6.45, 7) is 2.13. The molecule has 8 heteroatoms. The minimum absolute atomic E-state index is 0.00318. The highest BCUT2D eigenvalue weighted by Crippen LogP contribution is 2.30. The van der Waals surface area contributed by atoms with Gasteiger partial charge in [0.2, 0.25) is 5.88 Å². The number of carbonyl (C=O) groups is 1. The highest BCUT2D eigenvalue weighted by atomic mass is 16.6. The van der Waals surface area contributed by atoms with Crippen LogP contribution >= 0.6 is 0 Å². The van der Waals surface area contributed by atoms with E-state index in [1.165, 1.54) is 18.2 Å². The highest BCUT2D eigenvalue weighted by molar-refractivity contribution is 5.94. The zero-order chi connectivity index (χ0) is 22.7. The van der Waals surface area contributed by atoms with E-state index < -0.39 is 10.9 Å². The number of non-ortho nitro benzene ring substituents is 1. The molecule has 0 aliphatic rings. The molecular weight excluding hydrogens is 410 g/mol. The number of aliphatic carboxylic acids is 1. The molecule has 32 heavy (non-hydrogen) atoms. The molecule has 0 aliphatic heterocycles. The number of benzene rings is 2. The Labute approximate surface area is 183 Å². The van der Waals surface area contributed by atoms with E-state index in [-0.39, 0.29) is 5.69 Å². The number of ether oxygens (including phenoxy) is 1. The molecule has 0 radical (unpaired) electrons. The number of hydrogen-bond donors (Lipinski definition) is 1. The van der Waals surface area contributed by atoms with Crippen molar-refractivity contribution in [3.05, 3.63) is 99.9 Å². The first kappa shape index (κ1) is 20.8. The monoisotopic (exact) mass is 429 g/mol. The Morgan fingerprint density at radius 1 is 1.22 bits per heavy atom.